The number of aromatic nitrogens is 2. The van der Waals surface area contributed by atoms with E-state index in [2.05, 4.69) is 27.8 Å². The number of nitrogens with zero attached hydrogens (tertiary/aromatic N) is 2. The second-order valence-corrected chi connectivity index (χ2v) is 7.30. The third kappa shape index (κ3) is 4.52. The van der Waals surface area contributed by atoms with Gasteiger partial charge in [0, 0.05) is 6.42 Å². The molecule has 0 aromatic carbocycles. The highest BCUT2D eigenvalue weighted by Gasteiger charge is 2.15. The number of anilines is 2. The van der Waals surface area contributed by atoms with Crippen molar-refractivity contribution >= 4 is 44.6 Å². The van der Waals surface area contributed by atoms with Crippen molar-refractivity contribution in [1.29, 1.82) is 0 Å². The van der Waals surface area contributed by atoms with Gasteiger partial charge in [-0.05, 0) is 30.7 Å². The van der Waals surface area contributed by atoms with Gasteiger partial charge in [0.25, 0.3) is 11.8 Å². The third-order valence-corrected chi connectivity index (χ3v) is 5.14. The molecule has 3 aromatic rings. The summed E-state index contributed by atoms with van der Waals surface area (Å²) in [6, 6.07) is 6.53. The number of carbonyl (C=O) groups is 2. The SMILES string of the molecule is CCCCc1nnc(NC(=O)c2ccc(NC(=O)c3ccco3)s2)s1. The Bertz CT molecular complexity index is 855. The van der Waals surface area contributed by atoms with Crippen LogP contribution in [0.1, 0.15) is 45.0 Å². The molecule has 3 rings (SSSR count). The molecule has 0 saturated carbocycles. The average molecular weight is 376 g/mol. The summed E-state index contributed by atoms with van der Waals surface area (Å²) in [5, 5.41) is 15.4. The zero-order chi connectivity index (χ0) is 17.6. The maximum Gasteiger partial charge on any atom is 0.291 e. The number of hydrogen-bond donors (Lipinski definition) is 2. The van der Waals surface area contributed by atoms with E-state index in [1.165, 1.54) is 28.9 Å². The number of furan rings is 1. The Morgan fingerprint density at radius 2 is 2.00 bits per heavy atom. The number of rotatable bonds is 7. The highest BCUT2D eigenvalue weighted by atomic mass is 32.1. The first-order valence-corrected chi connectivity index (χ1v) is 9.37. The van der Waals surface area contributed by atoms with Gasteiger partial charge in [-0.2, -0.15) is 0 Å². The Balaban J connectivity index is 1.58. The van der Waals surface area contributed by atoms with Crippen LogP contribution in [0.25, 0.3) is 0 Å². The average Bonchev–Trinajstić information content (AvgIpc) is 3.34. The lowest BCUT2D eigenvalue weighted by molar-refractivity contribution is 0.0995. The summed E-state index contributed by atoms with van der Waals surface area (Å²) in [6.07, 6.45) is 4.43. The number of unbranched alkanes of at least 4 members (excludes halogenated alkanes) is 1. The molecule has 7 nitrogen and oxygen atoms in total. The van der Waals surface area contributed by atoms with Crippen molar-refractivity contribution in [2.45, 2.75) is 26.2 Å². The zero-order valence-electron chi connectivity index (χ0n) is 13.4. The van der Waals surface area contributed by atoms with Gasteiger partial charge in [-0.3, -0.25) is 14.9 Å². The Kier molecular flexibility index (Phi) is 5.56. The summed E-state index contributed by atoms with van der Waals surface area (Å²) in [7, 11) is 0. The predicted octanol–water partition coefficient (Wildman–Crippen LogP) is 4.04. The van der Waals surface area contributed by atoms with E-state index in [0.29, 0.717) is 15.0 Å². The van der Waals surface area contributed by atoms with Gasteiger partial charge in [-0.1, -0.05) is 24.7 Å². The van der Waals surface area contributed by atoms with Crippen LogP contribution >= 0.6 is 22.7 Å². The Labute approximate surface area is 152 Å². The lowest BCUT2D eigenvalue weighted by Gasteiger charge is -1.99. The molecule has 3 heterocycles. The summed E-state index contributed by atoms with van der Waals surface area (Å²) in [5.74, 6) is -0.418. The first kappa shape index (κ1) is 17.3. The van der Waals surface area contributed by atoms with Crippen molar-refractivity contribution in [2.75, 3.05) is 10.6 Å². The van der Waals surface area contributed by atoms with E-state index in [9.17, 15) is 9.59 Å². The molecule has 9 heteroatoms. The summed E-state index contributed by atoms with van der Waals surface area (Å²) in [6.45, 7) is 2.11. The zero-order valence-corrected chi connectivity index (χ0v) is 15.1. The Morgan fingerprint density at radius 1 is 1.12 bits per heavy atom. The number of aryl methyl sites for hydroxylation is 1. The predicted molar refractivity (Wildman–Crippen MR) is 97.5 cm³/mol. The summed E-state index contributed by atoms with van der Waals surface area (Å²) in [5.41, 5.74) is 0. The first-order valence-electron chi connectivity index (χ1n) is 7.74. The van der Waals surface area contributed by atoms with E-state index in [-0.39, 0.29) is 17.6 Å². The van der Waals surface area contributed by atoms with Crippen molar-refractivity contribution < 1.29 is 14.0 Å². The quantitative estimate of drug-likeness (QED) is 0.648. The molecule has 0 saturated heterocycles. The normalized spacial score (nSPS) is 10.6. The van der Waals surface area contributed by atoms with Crippen LogP contribution in [0.5, 0.6) is 0 Å². The van der Waals surface area contributed by atoms with Crippen LogP contribution in [-0.2, 0) is 6.42 Å². The molecule has 2 N–H and O–H groups in total. The topological polar surface area (TPSA) is 97.1 Å². The van der Waals surface area contributed by atoms with Crippen molar-refractivity contribution in [1.82, 2.24) is 10.2 Å². The van der Waals surface area contributed by atoms with Gasteiger partial charge in [0.1, 0.15) is 5.01 Å². The fraction of sp³-hybridized carbons (Fsp3) is 0.250. The molecule has 0 aliphatic carbocycles. The summed E-state index contributed by atoms with van der Waals surface area (Å²) >= 11 is 2.56. The maximum atomic E-state index is 12.3. The molecule has 2 amide bonds. The van der Waals surface area contributed by atoms with Crippen LogP contribution in [0.15, 0.2) is 34.9 Å². The van der Waals surface area contributed by atoms with Gasteiger partial charge in [-0.15, -0.1) is 21.5 Å². The van der Waals surface area contributed by atoms with Crippen LogP contribution < -0.4 is 10.6 Å². The molecule has 130 valence electrons. The van der Waals surface area contributed by atoms with Crippen LogP contribution in [0.3, 0.4) is 0 Å². The molecule has 3 aromatic heterocycles. The lowest BCUT2D eigenvalue weighted by Crippen LogP contribution is -2.10. The van der Waals surface area contributed by atoms with Gasteiger partial charge >= 0.3 is 0 Å². The highest BCUT2D eigenvalue weighted by Crippen LogP contribution is 2.24. The van der Waals surface area contributed by atoms with Gasteiger partial charge in [0.05, 0.1) is 16.1 Å². The van der Waals surface area contributed by atoms with Crippen molar-refractivity contribution in [3.63, 3.8) is 0 Å². The molecule has 0 fully saturated rings. The minimum Gasteiger partial charge on any atom is -0.459 e. The monoisotopic (exact) mass is 376 g/mol. The van der Waals surface area contributed by atoms with E-state index >= 15 is 0 Å². The number of thiophene rings is 1. The molecule has 0 bridgehead atoms. The number of nitrogens with one attached hydrogen (secondary N) is 2. The van der Waals surface area contributed by atoms with E-state index in [1.54, 1.807) is 24.3 Å². The molecular formula is C16H16N4O3S2. The van der Waals surface area contributed by atoms with Crippen LogP contribution in [0.4, 0.5) is 10.1 Å². The number of carbonyl (C=O) groups excluding carboxylic acids is 2. The van der Waals surface area contributed by atoms with Gasteiger partial charge in [0.15, 0.2) is 5.76 Å². The fourth-order valence-corrected chi connectivity index (χ4v) is 3.57. The molecule has 0 aliphatic heterocycles. The second kappa shape index (κ2) is 8.04. The molecule has 0 aliphatic rings. The van der Waals surface area contributed by atoms with Gasteiger partial charge in [-0.25, -0.2) is 0 Å². The van der Waals surface area contributed by atoms with Gasteiger partial charge < -0.3 is 9.73 Å². The van der Waals surface area contributed by atoms with Gasteiger partial charge in [0.2, 0.25) is 5.13 Å². The second-order valence-electron chi connectivity index (χ2n) is 5.15. The van der Waals surface area contributed by atoms with E-state index in [0.717, 1.165) is 24.3 Å². The van der Waals surface area contributed by atoms with Crippen LogP contribution in [0.2, 0.25) is 0 Å². The molecule has 0 radical (unpaired) electrons. The van der Waals surface area contributed by atoms with Crippen molar-refractivity contribution in [3.05, 3.63) is 46.2 Å². The van der Waals surface area contributed by atoms with Crippen molar-refractivity contribution in [2.24, 2.45) is 0 Å². The molecule has 25 heavy (non-hydrogen) atoms. The minimum atomic E-state index is -0.358. The summed E-state index contributed by atoms with van der Waals surface area (Å²) in [4.78, 5) is 24.7. The fourth-order valence-electron chi connectivity index (χ4n) is 2.00. The standard InChI is InChI=1S/C16H16N4O3S2/c1-2-3-6-13-19-20-16(25-13)18-15(22)11-7-8-12(24-11)17-14(21)10-5-4-9-23-10/h4-5,7-9H,2-3,6H2,1H3,(H,17,21)(H,18,20,22). The number of amides is 2. The lowest BCUT2D eigenvalue weighted by atomic mass is 10.3. The molecular weight excluding hydrogens is 360 g/mol. The van der Waals surface area contributed by atoms with Crippen LogP contribution in [0, 0.1) is 0 Å². The third-order valence-electron chi connectivity index (χ3n) is 3.24. The largest absolute Gasteiger partial charge is 0.459 e. The van der Waals surface area contributed by atoms with Crippen molar-refractivity contribution in [3.8, 4) is 0 Å². The Hall–Kier alpha value is -2.52. The molecule has 0 spiro atoms. The smallest absolute Gasteiger partial charge is 0.291 e. The molecule has 0 unspecified atom stereocenters. The molecule has 0 atom stereocenters. The highest BCUT2D eigenvalue weighted by molar-refractivity contribution is 7.18. The minimum absolute atomic E-state index is 0.216. The summed E-state index contributed by atoms with van der Waals surface area (Å²) < 4.78 is 5.03. The van der Waals surface area contributed by atoms with E-state index < -0.39 is 0 Å². The maximum absolute atomic E-state index is 12.3. The van der Waals surface area contributed by atoms with Crippen LogP contribution in [-0.4, -0.2) is 22.0 Å². The number of hydrogen-bond acceptors (Lipinski definition) is 7. The van der Waals surface area contributed by atoms with E-state index in [4.69, 9.17) is 4.42 Å². The first-order chi connectivity index (χ1) is 12.2. The Morgan fingerprint density at radius 3 is 2.76 bits per heavy atom. The van der Waals surface area contributed by atoms with E-state index in [1.807, 2.05) is 0 Å².